The zero-order valence-electron chi connectivity index (χ0n) is 26.8. The predicted molar refractivity (Wildman–Crippen MR) is 174 cm³/mol. The van der Waals surface area contributed by atoms with Gasteiger partial charge >= 0.3 is 5.97 Å². The molecule has 2 heteroatoms. The molecule has 0 spiro atoms. The van der Waals surface area contributed by atoms with E-state index < -0.39 is 0 Å². The van der Waals surface area contributed by atoms with Crippen molar-refractivity contribution in [1.82, 2.24) is 0 Å². The van der Waals surface area contributed by atoms with Crippen molar-refractivity contribution in [2.75, 3.05) is 7.11 Å². The molecule has 0 atom stereocenters. The Balaban J connectivity index is 3.09. The summed E-state index contributed by atoms with van der Waals surface area (Å²) in [6, 6.07) is 0. The molecule has 0 radical (unpaired) electrons. The SMILES string of the molecule is CCCCCCCCCCCCCCCCCCCCCCCCCCCCCCCC=CC=CC(=O)OC. The zero-order chi connectivity index (χ0) is 28.3. The van der Waals surface area contributed by atoms with Gasteiger partial charge in [-0.1, -0.05) is 205 Å². The summed E-state index contributed by atoms with van der Waals surface area (Å²) in [5.41, 5.74) is 0. The van der Waals surface area contributed by atoms with Crippen LogP contribution in [0.1, 0.15) is 200 Å². The van der Waals surface area contributed by atoms with Crippen LogP contribution in [-0.4, -0.2) is 13.1 Å². The van der Waals surface area contributed by atoms with Gasteiger partial charge in [-0.05, 0) is 12.8 Å². The van der Waals surface area contributed by atoms with Crippen LogP contribution in [0.2, 0.25) is 0 Å². The summed E-state index contributed by atoms with van der Waals surface area (Å²) >= 11 is 0. The number of allylic oxidation sites excluding steroid dienone is 3. The Morgan fingerprint density at radius 1 is 0.436 bits per heavy atom. The molecule has 0 aliphatic carbocycles. The Morgan fingerprint density at radius 2 is 0.718 bits per heavy atom. The van der Waals surface area contributed by atoms with Gasteiger partial charge in [-0.25, -0.2) is 4.79 Å². The highest BCUT2D eigenvalue weighted by molar-refractivity contribution is 5.82. The molecule has 0 rings (SSSR count). The van der Waals surface area contributed by atoms with Gasteiger partial charge in [0.2, 0.25) is 0 Å². The first kappa shape index (κ1) is 38.0. The monoisotopic (exact) mass is 547 g/mol. The molecule has 0 aromatic carbocycles. The average molecular weight is 547 g/mol. The maximum Gasteiger partial charge on any atom is 0.330 e. The molecular weight excluding hydrogens is 476 g/mol. The van der Waals surface area contributed by atoms with E-state index in [1.54, 1.807) is 6.08 Å². The molecule has 0 fully saturated rings. The third-order valence-corrected chi connectivity index (χ3v) is 8.16. The number of carbonyl (C=O) groups is 1. The predicted octanol–water partition coefficient (Wildman–Crippen LogP) is 13.0. The number of ether oxygens (including phenoxy) is 1. The van der Waals surface area contributed by atoms with Crippen LogP contribution in [0, 0.1) is 0 Å². The van der Waals surface area contributed by atoms with Crippen molar-refractivity contribution in [1.29, 1.82) is 0 Å². The van der Waals surface area contributed by atoms with Crippen LogP contribution in [0.25, 0.3) is 0 Å². The number of rotatable bonds is 32. The molecule has 0 unspecified atom stereocenters. The minimum absolute atomic E-state index is 0.291. The van der Waals surface area contributed by atoms with E-state index >= 15 is 0 Å². The average Bonchev–Trinajstić information content (AvgIpc) is 2.95. The van der Waals surface area contributed by atoms with Gasteiger partial charge < -0.3 is 4.74 Å². The minimum atomic E-state index is -0.291. The van der Waals surface area contributed by atoms with E-state index in [2.05, 4.69) is 17.7 Å². The highest BCUT2D eigenvalue weighted by Gasteiger charge is 1.97. The van der Waals surface area contributed by atoms with Crippen LogP contribution in [0.5, 0.6) is 0 Å². The summed E-state index contributed by atoms with van der Waals surface area (Å²) in [6.07, 6.45) is 50.3. The third-order valence-electron chi connectivity index (χ3n) is 8.16. The summed E-state index contributed by atoms with van der Waals surface area (Å²) in [7, 11) is 1.40. The van der Waals surface area contributed by atoms with E-state index in [1.165, 1.54) is 199 Å². The number of hydrogen-bond donors (Lipinski definition) is 0. The van der Waals surface area contributed by atoms with Crippen molar-refractivity contribution >= 4 is 5.97 Å². The largest absolute Gasteiger partial charge is 0.466 e. The summed E-state index contributed by atoms with van der Waals surface area (Å²) in [4.78, 5) is 10.9. The Hall–Kier alpha value is -1.05. The van der Waals surface area contributed by atoms with Gasteiger partial charge in [-0.15, -0.1) is 0 Å². The molecule has 0 bridgehead atoms. The summed E-state index contributed by atoms with van der Waals surface area (Å²) in [6.45, 7) is 2.30. The molecule has 0 heterocycles. The van der Waals surface area contributed by atoms with E-state index in [0.29, 0.717) is 0 Å². The van der Waals surface area contributed by atoms with Crippen LogP contribution >= 0.6 is 0 Å². The first-order valence-electron chi connectivity index (χ1n) is 17.7. The fraction of sp³-hybridized carbons (Fsp3) is 0.865. The van der Waals surface area contributed by atoms with Crippen molar-refractivity contribution in [3.63, 3.8) is 0 Å². The van der Waals surface area contributed by atoms with Gasteiger partial charge in [0.05, 0.1) is 7.11 Å². The van der Waals surface area contributed by atoms with Crippen LogP contribution < -0.4 is 0 Å². The first-order chi connectivity index (χ1) is 19.3. The highest BCUT2D eigenvalue weighted by atomic mass is 16.5. The van der Waals surface area contributed by atoms with Gasteiger partial charge in [-0.3, -0.25) is 0 Å². The molecule has 39 heavy (non-hydrogen) atoms. The van der Waals surface area contributed by atoms with Crippen molar-refractivity contribution in [3.05, 3.63) is 24.3 Å². The molecule has 0 aromatic rings. The van der Waals surface area contributed by atoms with Crippen molar-refractivity contribution in [2.24, 2.45) is 0 Å². The van der Waals surface area contributed by atoms with Crippen molar-refractivity contribution in [2.45, 2.75) is 200 Å². The van der Waals surface area contributed by atoms with Gasteiger partial charge in [0.25, 0.3) is 0 Å². The number of esters is 1. The summed E-state index contributed by atoms with van der Waals surface area (Å²) < 4.78 is 4.56. The van der Waals surface area contributed by atoms with Crippen LogP contribution in [0.15, 0.2) is 24.3 Å². The maximum atomic E-state index is 10.9. The second-order valence-corrected chi connectivity index (χ2v) is 12.0. The smallest absolute Gasteiger partial charge is 0.330 e. The van der Waals surface area contributed by atoms with E-state index in [-0.39, 0.29) is 5.97 Å². The highest BCUT2D eigenvalue weighted by Crippen LogP contribution is 2.16. The lowest BCUT2D eigenvalue weighted by Crippen LogP contribution is -1.92. The van der Waals surface area contributed by atoms with Gasteiger partial charge in [0.15, 0.2) is 0 Å². The van der Waals surface area contributed by atoms with Crippen molar-refractivity contribution in [3.8, 4) is 0 Å². The Bertz CT molecular complexity index is 522. The molecule has 0 amide bonds. The number of methoxy groups -OCH3 is 1. The molecule has 0 aliphatic rings. The van der Waals surface area contributed by atoms with Gasteiger partial charge in [0, 0.05) is 6.08 Å². The lowest BCUT2D eigenvalue weighted by Gasteiger charge is -2.04. The van der Waals surface area contributed by atoms with Gasteiger partial charge in [-0.2, -0.15) is 0 Å². The van der Waals surface area contributed by atoms with E-state index in [0.717, 1.165) is 6.42 Å². The molecule has 2 nitrogen and oxygen atoms in total. The first-order valence-corrected chi connectivity index (χ1v) is 17.7. The Morgan fingerprint density at radius 3 is 1.00 bits per heavy atom. The molecule has 0 saturated heterocycles. The molecule has 0 aliphatic heterocycles. The maximum absolute atomic E-state index is 10.9. The summed E-state index contributed by atoms with van der Waals surface area (Å²) in [5, 5.41) is 0. The molecule has 230 valence electrons. The van der Waals surface area contributed by atoms with Crippen LogP contribution in [0.3, 0.4) is 0 Å². The fourth-order valence-electron chi connectivity index (χ4n) is 5.49. The lowest BCUT2D eigenvalue weighted by molar-refractivity contribution is -0.134. The lowest BCUT2D eigenvalue weighted by atomic mass is 10.0. The second-order valence-electron chi connectivity index (χ2n) is 12.0. The number of hydrogen-bond acceptors (Lipinski definition) is 2. The standard InChI is InChI=1S/C37H70O2/c1-3-4-5-6-7-8-9-10-11-12-13-14-15-16-17-18-19-20-21-22-23-24-25-26-27-28-29-30-31-32-33-34-35-36-37(38)39-2/h33-36H,3-32H2,1-2H3. The quantitative estimate of drug-likeness (QED) is 0.0363. The molecule has 0 saturated carbocycles. The molecular formula is C37H70O2. The topological polar surface area (TPSA) is 26.3 Å². The Kier molecular flexibility index (Phi) is 34.0. The zero-order valence-corrected chi connectivity index (χ0v) is 26.8. The van der Waals surface area contributed by atoms with E-state index in [1.807, 2.05) is 6.08 Å². The number of unbranched alkanes of at least 4 members (excludes halogenated alkanes) is 29. The Labute approximate surface area is 246 Å². The third kappa shape index (κ3) is 34.9. The van der Waals surface area contributed by atoms with Crippen LogP contribution in [0.4, 0.5) is 0 Å². The molecule has 0 N–H and O–H groups in total. The minimum Gasteiger partial charge on any atom is -0.466 e. The number of carbonyl (C=O) groups excluding carboxylic acids is 1. The van der Waals surface area contributed by atoms with E-state index in [4.69, 9.17) is 0 Å². The molecule has 0 aromatic heterocycles. The van der Waals surface area contributed by atoms with Gasteiger partial charge in [0.1, 0.15) is 0 Å². The summed E-state index contributed by atoms with van der Waals surface area (Å²) in [5.74, 6) is -0.291. The van der Waals surface area contributed by atoms with Crippen LogP contribution in [-0.2, 0) is 9.53 Å². The van der Waals surface area contributed by atoms with Crippen molar-refractivity contribution < 1.29 is 9.53 Å². The van der Waals surface area contributed by atoms with E-state index in [9.17, 15) is 4.79 Å². The fourth-order valence-corrected chi connectivity index (χ4v) is 5.49. The second kappa shape index (κ2) is 35.0. The normalized spacial score (nSPS) is 11.7.